The van der Waals surface area contributed by atoms with Crippen LogP contribution < -0.4 is 24.8 Å². The molecule has 1 saturated carbocycles. The number of hydrogen-bond donors (Lipinski definition) is 2. The van der Waals surface area contributed by atoms with Gasteiger partial charge in [-0.15, -0.1) is 0 Å². The molecule has 172 valence electrons. The molecule has 0 atom stereocenters. The molecule has 1 heterocycles. The predicted molar refractivity (Wildman–Crippen MR) is 120 cm³/mol. The van der Waals surface area contributed by atoms with Crippen molar-refractivity contribution in [1.82, 2.24) is 15.6 Å². The molecule has 0 radical (unpaired) electrons. The van der Waals surface area contributed by atoms with Gasteiger partial charge in [0.1, 0.15) is 5.75 Å². The van der Waals surface area contributed by atoms with Crippen LogP contribution >= 0.6 is 0 Å². The molecule has 0 unspecified atom stereocenters. The summed E-state index contributed by atoms with van der Waals surface area (Å²) in [5.41, 5.74) is 1.43. The minimum atomic E-state index is -0.222. The fourth-order valence-electron chi connectivity index (χ4n) is 4.00. The first kappa shape index (κ1) is 23.4. The Morgan fingerprint density at radius 2 is 1.53 bits per heavy atom. The first-order chi connectivity index (χ1) is 15.5. The topological polar surface area (TPSA) is 98.8 Å². The molecule has 32 heavy (non-hydrogen) atoms. The Balaban J connectivity index is 1.47. The Hall–Kier alpha value is -3.29. The van der Waals surface area contributed by atoms with Gasteiger partial charge in [0.05, 0.1) is 26.9 Å². The Kier molecular flexibility index (Phi) is 8.30. The number of ether oxygens (including phenoxy) is 3. The summed E-state index contributed by atoms with van der Waals surface area (Å²) < 4.78 is 15.9. The molecule has 8 nitrogen and oxygen atoms in total. The van der Waals surface area contributed by atoms with E-state index in [-0.39, 0.29) is 17.7 Å². The standard InChI is InChI=1S/C24H31N3O5/c1-30-20-13-22(32-3)21(31-2)12-19(20)24(29)27-14-16-4-6-18(7-5-16)23(28)26-15-17-8-10-25-11-9-17/h8-13,16,18H,4-7,14-15H2,1-3H3,(H,26,28)(H,27,29). The number of methoxy groups -OCH3 is 3. The average molecular weight is 442 g/mol. The largest absolute Gasteiger partial charge is 0.496 e. The number of pyridine rings is 1. The fourth-order valence-corrected chi connectivity index (χ4v) is 4.00. The van der Waals surface area contributed by atoms with Gasteiger partial charge >= 0.3 is 0 Å². The van der Waals surface area contributed by atoms with Gasteiger partial charge in [0.25, 0.3) is 5.91 Å². The van der Waals surface area contributed by atoms with Gasteiger partial charge in [-0.25, -0.2) is 0 Å². The SMILES string of the molecule is COc1cc(OC)c(C(=O)NCC2CCC(C(=O)NCc3ccncc3)CC2)cc1OC. The van der Waals surface area contributed by atoms with Crippen LogP contribution in [-0.2, 0) is 11.3 Å². The lowest BCUT2D eigenvalue weighted by atomic mass is 9.81. The third-order valence-electron chi connectivity index (χ3n) is 5.94. The van der Waals surface area contributed by atoms with Crippen LogP contribution in [0.4, 0.5) is 0 Å². The van der Waals surface area contributed by atoms with E-state index in [2.05, 4.69) is 15.6 Å². The Bertz CT molecular complexity index is 911. The summed E-state index contributed by atoms with van der Waals surface area (Å²) >= 11 is 0. The van der Waals surface area contributed by atoms with E-state index in [0.29, 0.717) is 41.8 Å². The summed E-state index contributed by atoms with van der Waals surface area (Å²) in [7, 11) is 4.57. The highest BCUT2D eigenvalue weighted by Crippen LogP contribution is 2.35. The first-order valence-electron chi connectivity index (χ1n) is 10.8. The van der Waals surface area contributed by atoms with Gasteiger partial charge in [-0.2, -0.15) is 0 Å². The van der Waals surface area contributed by atoms with Crippen LogP contribution in [0.1, 0.15) is 41.6 Å². The van der Waals surface area contributed by atoms with E-state index in [0.717, 1.165) is 31.2 Å². The van der Waals surface area contributed by atoms with Crippen molar-refractivity contribution in [2.75, 3.05) is 27.9 Å². The quantitative estimate of drug-likeness (QED) is 0.621. The van der Waals surface area contributed by atoms with Crippen LogP contribution in [0, 0.1) is 11.8 Å². The summed E-state index contributed by atoms with van der Waals surface area (Å²) in [4.78, 5) is 29.2. The first-order valence-corrected chi connectivity index (χ1v) is 10.8. The van der Waals surface area contributed by atoms with Crippen molar-refractivity contribution in [3.8, 4) is 17.2 Å². The van der Waals surface area contributed by atoms with E-state index < -0.39 is 0 Å². The molecule has 1 fully saturated rings. The second-order valence-corrected chi connectivity index (χ2v) is 7.91. The van der Waals surface area contributed by atoms with Crippen LogP contribution in [0.25, 0.3) is 0 Å². The summed E-state index contributed by atoms with van der Waals surface area (Å²) in [6.45, 7) is 1.08. The molecule has 1 aromatic carbocycles. The van der Waals surface area contributed by atoms with Gasteiger partial charge in [0.2, 0.25) is 5.91 Å². The van der Waals surface area contributed by atoms with Crippen molar-refractivity contribution in [2.45, 2.75) is 32.2 Å². The zero-order valence-electron chi connectivity index (χ0n) is 18.8. The number of amides is 2. The molecule has 8 heteroatoms. The van der Waals surface area contributed by atoms with E-state index in [1.165, 1.54) is 21.3 Å². The number of nitrogens with one attached hydrogen (secondary N) is 2. The van der Waals surface area contributed by atoms with E-state index >= 15 is 0 Å². The Morgan fingerprint density at radius 3 is 2.16 bits per heavy atom. The molecule has 3 rings (SSSR count). The summed E-state index contributed by atoms with van der Waals surface area (Å²) in [5.74, 6) is 1.64. The predicted octanol–water partition coefficient (Wildman–Crippen LogP) is 2.96. The van der Waals surface area contributed by atoms with Crippen LogP contribution in [0.5, 0.6) is 17.2 Å². The monoisotopic (exact) mass is 441 g/mol. The van der Waals surface area contributed by atoms with E-state index in [4.69, 9.17) is 14.2 Å². The lowest BCUT2D eigenvalue weighted by Gasteiger charge is -2.28. The Labute approximate surface area is 188 Å². The zero-order chi connectivity index (χ0) is 22.9. The van der Waals surface area contributed by atoms with Crippen molar-refractivity contribution in [3.05, 3.63) is 47.8 Å². The maximum atomic E-state index is 12.8. The molecule has 0 saturated heterocycles. The maximum absolute atomic E-state index is 12.8. The molecule has 0 spiro atoms. The minimum Gasteiger partial charge on any atom is -0.496 e. The molecule has 2 N–H and O–H groups in total. The normalized spacial score (nSPS) is 17.8. The van der Waals surface area contributed by atoms with Crippen molar-refractivity contribution >= 4 is 11.8 Å². The summed E-state index contributed by atoms with van der Waals surface area (Å²) in [5, 5.41) is 6.02. The number of benzene rings is 1. The second-order valence-electron chi connectivity index (χ2n) is 7.91. The molecule has 0 aliphatic heterocycles. The molecule has 2 aromatic rings. The van der Waals surface area contributed by atoms with E-state index in [9.17, 15) is 9.59 Å². The van der Waals surface area contributed by atoms with Crippen molar-refractivity contribution < 1.29 is 23.8 Å². The number of carbonyl (C=O) groups is 2. The van der Waals surface area contributed by atoms with Crippen LogP contribution in [0.3, 0.4) is 0 Å². The lowest BCUT2D eigenvalue weighted by Crippen LogP contribution is -2.36. The molecule has 2 amide bonds. The molecule has 1 aliphatic carbocycles. The van der Waals surface area contributed by atoms with Gasteiger partial charge < -0.3 is 24.8 Å². The zero-order valence-corrected chi connectivity index (χ0v) is 18.8. The third kappa shape index (κ3) is 5.90. The van der Waals surface area contributed by atoms with Gasteiger partial charge in [0, 0.05) is 43.5 Å². The minimum absolute atomic E-state index is 0.0229. The summed E-state index contributed by atoms with van der Waals surface area (Å²) in [6, 6.07) is 7.06. The van der Waals surface area contributed by atoms with E-state index in [1.807, 2.05) is 12.1 Å². The molecule has 0 bridgehead atoms. The Morgan fingerprint density at radius 1 is 0.906 bits per heavy atom. The molecule has 1 aromatic heterocycles. The van der Waals surface area contributed by atoms with Crippen molar-refractivity contribution in [3.63, 3.8) is 0 Å². The number of aromatic nitrogens is 1. The van der Waals surface area contributed by atoms with Gasteiger partial charge in [0.15, 0.2) is 11.5 Å². The average Bonchev–Trinajstić information content (AvgIpc) is 2.85. The highest BCUT2D eigenvalue weighted by atomic mass is 16.5. The van der Waals surface area contributed by atoms with Crippen molar-refractivity contribution in [1.29, 1.82) is 0 Å². The van der Waals surface area contributed by atoms with Gasteiger partial charge in [-0.05, 0) is 49.3 Å². The number of carbonyl (C=O) groups excluding carboxylic acids is 2. The second kappa shape index (κ2) is 11.4. The molecular formula is C24H31N3O5. The third-order valence-corrected chi connectivity index (χ3v) is 5.94. The van der Waals surface area contributed by atoms with Crippen LogP contribution in [0.2, 0.25) is 0 Å². The van der Waals surface area contributed by atoms with Crippen LogP contribution in [-0.4, -0.2) is 44.7 Å². The van der Waals surface area contributed by atoms with Crippen LogP contribution in [0.15, 0.2) is 36.7 Å². The molecule has 1 aliphatic rings. The highest BCUT2D eigenvalue weighted by molar-refractivity contribution is 5.97. The molecular weight excluding hydrogens is 410 g/mol. The number of hydrogen-bond acceptors (Lipinski definition) is 6. The smallest absolute Gasteiger partial charge is 0.255 e. The maximum Gasteiger partial charge on any atom is 0.255 e. The highest BCUT2D eigenvalue weighted by Gasteiger charge is 2.27. The van der Waals surface area contributed by atoms with Gasteiger partial charge in [-0.3, -0.25) is 14.6 Å². The number of nitrogens with zero attached hydrogens (tertiary/aromatic N) is 1. The van der Waals surface area contributed by atoms with E-state index in [1.54, 1.807) is 24.5 Å². The summed E-state index contributed by atoms with van der Waals surface area (Å²) in [6.07, 6.45) is 6.88. The van der Waals surface area contributed by atoms with Gasteiger partial charge in [-0.1, -0.05) is 0 Å². The fraction of sp³-hybridized carbons (Fsp3) is 0.458. The van der Waals surface area contributed by atoms with Crippen molar-refractivity contribution in [2.24, 2.45) is 11.8 Å². The lowest BCUT2D eigenvalue weighted by molar-refractivity contribution is -0.126. The number of rotatable bonds is 9.